The molecular formula is C16H25N3O3. The van der Waals surface area contributed by atoms with Crippen LogP contribution in [0.5, 0.6) is 0 Å². The number of hydrogen-bond donors (Lipinski definition) is 3. The maximum absolute atomic E-state index is 12.1. The van der Waals surface area contributed by atoms with Crippen LogP contribution in [0.25, 0.3) is 0 Å². The summed E-state index contributed by atoms with van der Waals surface area (Å²) in [5.41, 5.74) is 6.51. The SMILES string of the molecule is CCC(C)(C)NC(=O)c1ccc(NC(=O)C(N)COC)cc1. The van der Waals surface area contributed by atoms with Crippen LogP contribution in [0.2, 0.25) is 0 Å². The van der Waals surface area contributed by atoms with Gasteiger partial charge in [0.05, 0.1) is 6.61 Å². The second kappa shape index (κ2) is 7.91. The molecule has 0 saturated carbocycles. The van der Waals surface area contributed by atoms with Gasteiger partial charge < -0.3 is 21.1 Å². The topological polar surface area (TPSA) is 93.5 Å². The van der Waals surface area contributed by atoms with E-state index in [1.165, 1.54) is 7.11 Å². The highest BCUT2D eigenvalue weighted by molar-refractivity contribution is 5.97. The monoisotopic (exact) mass is 307 g/mol. The lowest BCUT2D eigenvalue weighted by molar-refractivity contribution is -0.118. The second-order valence-electron chi connectivity index (χ2n) is 5.82. The molecular weight excluding hydrogens is 282 g/mol. The van der Waals surface area contributed by atoms with Gasteiger partial charge >= 0.3 is 0 Å². The van der Waals surface area contributed by atoms with Gasteiger partial charge in [0.2, 0.25) is 5.91 Å². The average molecular weight is 307 g/mol. The molecule has 1 aromatic carbocycles. The molecule has 122 valence electrons. The highest BCUT2D eigenvalue weighted by atomic mass is 16.5. The molecule has 1 aromatic rings. The molecule has 0 spiro atoms. The molecule has 0 aliphatic rings. The number of benzene rings is 1. The van der Waals surface area contributed by atoms with Gasteiger partial charge in [0, 0.05) is 23.9 Å². The average Bonchev–Trinajstić information content (AvgIpc) is 2.47. The van der Waals surface area contributed by atoms with E-state index >= 15 is 0 Å². The number of carbonyl (C=O) groups is 2. The number of nitrogens with two attached hydrogens (primary N) is 1. The van der Waals surface area contributed by atoms with Gasteiger partial charge in [0.1, 0.15) is 6.04 Å². The number of carbonyl (C=O) groups excluding carboxylic acids is 2. The molecule has 1 rings (SSSR count). The Hall–Kier alpha value is -1.92. The maximum Gasteiger partial charge on any atom is 0.251 e. The lowest BCUT2D eigenvalue weighted by atomic mass is 10.0. The van der Waals surface area contributed by atoms with Crippen molar-refractivity contribution in [2.24, 2.45) is 5.73 Å². The van der Waals surface area contributed by atoms with Crippen LogP contribution in [0.1, 0.15) is 37.6 Å². The van der Waals surface area contributed by atoms with Gasteiger partial charge in [-0.3, -0.25) is 9.59 Å². The fourth-order valence-corrected chi connectivity index (χ4v) is 1.66. The van der Waals surface area contributed by atoms with E-state index in [0.717, 1.165) is 6.42 Å². The molecule has 0 radical (unpaired) electrons. The maximum atomic E-state index is 12.1. The first-order chi connectivity index (χ1) is 10.3. The summed E-state index contributed by atoms with van der Waals surface area (Å²) in [5.74, 6) is -0.466. The molecule has 0 aliphatic heterocycles. The van der Waals surface area contributed by atoms with Crippen molar-refractivity contribution in [1.82, 2.24) is 5.32 Å². The Morgan fingerprint density at radius 1 is 1.27 bits per heavy atom. The van der Waals surface area contributed by atoms with Crippen molar-refractivity contribution in [3.8, 4) is 0 Å². The number of rotatable bonds is 7. The van der Waals surface area contributed by atoms with Crippen LogP contribution < -0.4 is 16.4 Å². The van der Waals surface area contributed by atoms with Gasteiger partial charge in [-0.25, -0.2) is 0 Å². The van der Waals surface area contributed by atoms with Gasteiger partial charge in [-0.2, -0.15) is 0 Å². The summed E-state index contributed by atoms with van der Waals surface area (Å²) in [4.78, 5) is 23.9. The molecule has 1 unspecified atom stereocenters. The number of ether oxygens (including phenoxy) is 1. The van der Waals surface area contributed by atoms with Crippen molar-refractivity contribution in [3.05, 3.63) is 29.8 Å². The van der Waals surface area contributed by atoms with E-state index in [9.17, 15) is 9.59 Å². The molecule has 1 atom stereocenters. The third-order valence-electron chi connectivity index (χ3n) is 3.43. The zero-order chi connectivity index (χ0) is 16.8. The summed E-state index contributed by atoms with van der Waals surface area (Å²) in [7, 11) is 1.48. The Bertz CT molecular complexity index is 512. The molecule has 6 heteroatoms. The smallest absolute Gasteiger partial charge is 0.251 e. The minimum atomic E-state index is -0.724. The lowest BCUT2D eigenvalue weighted by Gasteiger charge is -2.24. The van der Waals surface area contributed by atoms with Crippen LogP contribution in [0, 0.1) is 0 Å². The van der Waals surface area contributed by atoms with Crippen LogP contribution in [-0.4, -0.2) is 37.1 Å². The summed E-state index contributed by atoms with van der Waals surface area (Å²) >= 11 is 0. The Balaban J connectivity index is 2.67. The van der Waals surface area contributed by atoms with E-state index in [4.69, 9.17) is 10.5 Å². The third-order valence-corrected chi connectivity index (χ3v) is 3.43. The molecule has 22 heavy (non-hydrogen) atoms. The van der Waals surface area contributed by atoms with Crippen molar-refractivity contribution in [3.63, 3.8) is 0 Å². The van der Waals surface area contributed by atoms with Crippen molar-refractivity contribution in [2.45, 2.75) is 38.8 Å². The largest absolute Gasteiger partial charge is 0.383 e. The Morgan fingerprint density at radius 3 is 2.36 bits per heavy atom. The predicted molar refractivity (Wildman–Crippen MR) is 86.8 cm³/mol. The summed E-state index contributed by atoms with van der Waals surface area (Å²) < 4.78 is 4.83. The lowest BCUT2D eigenvalue weighted by Crippen LogP contribution is -2.42. The van der Waals surface area contributed by atoms with E-state index in [1.807, 2.05) is 20.8 Å². The minimum Gasteiger partial charge on any atom is -0.383 e. The summed E-state index contributed by atoms with van der Waals surface area (Å²) in [6, 6.07) is 5.95. The zero-order valence-electron chi connectivity index (χ0n) is 13.6. The van der Waals surface area contributed by atoms with E-state index in [-0.39, 0.29) is 24.0 Å². The van der Waals surface area contributed by atoms with Crippen LogP contribution >= 0.6 is 0 Å². The van der Waals surface area contributed by atoms with Crippen molar-refractivity contribution in [1.29, 1.82) is 0 Å². The fraction of sp³-hybridized carbons (Fsp3) is 0.500. The van der Waals surface area contributed by atoms with Crippen LogP contribution in [0.4, 0.5) is 5.69 Å². The molecule has 2 amide bonds. The first-order valence-electron chi connectivity index (χ1n) is 7.27. The van der Waals surface area contributed by atoms with Crippen molar-refractivity contribution < 1.29 is 14.3 Å². The van der Waals surface area contributed by atoms with Crippen LogP contribution in [-0.2, 0) is 9.53 Å². The molecule has 6 nitrogen and oxygen atoms in total. The normalized spacial score (nSPS) is 12.6. The van der Waals surface area contributed by atoms with Gasteiger partial charge in [-0.1, -0.05) is 6.92 Å². The van der Waals surface area contributed by atoms with Crippen molar-refractivity contribution >= 4 is 17.5 Å². The number of hydrogen-bond acceptors (Lipinski definition) is 4. The molecule has 4 N–H and O–H groups in total. The number of methoxy groups -OCH3 is 1. The molecule has 0 saturated heterocycles. The second-order valence-corrected chi connectivity index (χ2v) is 5.82. The standard InChI is InChI=1S/C16H25N3O3/c1-5-16(2,3)19-14(20)11-6-8-12(9-7-11)18-15(21)13(17)10-22-4/h6-9,13H,5,10,17H2,1-4H3,(H,18,21)(H,19,20). The van der Waals surface area contributed by atoms with Gasteiger partial charge in [-0.05, 0) is 44.5 Å². The van der Waals surface area contributed by atoms with E-state index in [1.54, 1.807) is 24.3 Å². The Labute approximate surface area is 131 Å². The summed E-state index contributed by atoms with van der Waals surface area (Å²) in [6.07, 6.45) is 0.838. The first kappa shape index (κ1) is 18.1. The Kier molecular flexibility index (Phi) is 6.52. The van der Waals surface area contributed by atoms with Gasteiger partial charge in [-0.15, -0.1) is 0 Å². The zero-order valence-corrected chi connectivity index (χ0v) is 13.6. The van der Waals surface area contributed by atoms with Crippen LogP contribution in [0.15, 0.2) is 24.3 Å². The number of nitrogens with one attached hydrogen (secondary N) is 2. The first-order valence-corrected chi connectivity index (χ1v) is 7.27. The minimum absolute atomic E-state index is 0.138. The van der Waals surface area contributed by atoms with Crippen LogP contribution in [0.3, 0.4) is 0 Å². The van der Waals surface area contributed by atoms with Crippen molar-refractivity contribution in [2.75, 3.05) is 19.0 Å². The number of amides is 2. The van der Waals surface area contributed by atoms with Gasteiger partial charge in [0.25, 0.3) is 5.91 Å². The van der Waals surface area contributed by atoms with E-state index in [0.29, 0.717) is 11.3 Å². The van der Waals surface area contributed by atoms with Gasteiger partial charge in [0.15, 0.2) is 0 Å². The third kappa shape index (κ3) is 5.46. The van der Waals surface area contributed by atoms with E-state index < -0.39 is 6.04 Å². The molecule has 0 fully saturated rings. The summed E-state index contributed by atoms with van der Waals surface area (Å²) in [6.45, 7) is 6.11. The number of anilines is 1. The Morgan fingerprint density at radius 2 is 1.86 bits per heavy atom. The summed E-state index contributed by atoms with van der Waals surface area (Å²) in [5, 5.41) is 5.63. The quantitative estimate of drug-likeness (QED) is 0.712. The molecule has 0 aromatic heterocycles. The predicted octanol–water partition coefficient (Wildman–Crippen LogP) is 1.52. The molecule has 0 bridgehead atoms. The molecule has 0 aliphatic carbocycles. The highest BCUT2D eigenvalue weighted by Crippen LogP contribution is 2.13. The fourth-order valence-electron chi connectivity index (χ4n) is 1.66. The molecule has 0 heterocycles. The van der Waals surface area contributed by atoms with E-state index in [2.05, 4.69) is 10.6 Å². The highest BCUT2D eigenvalue weighted by Gasteiger charge is 2.19.